The van der Waals surface area contributed by atoms with Crippen molar-refractivity contribution < 1.29 is 14.2 Å². The summed E-state index contributed by atoms with van der Waals surface area (Å²) in [6.07, 6.45) is 6.31. The molecule has 2 aliphatic heterocycles. The highest BCUT2D eigenvalue weighted by Gasteiger charge is 2.61. The minimum absolute atomic E-state index is 0.0625. The van der Waals surface area contributed by atoms with Gasteiger partial charge in [-0.05, 0) is 42.7 Å². The molecule has 3 atom stereocenters. The monoisotopic (exact) mass is 297 g/mol. The smallest absolute Gasteiger partial charge is 0.169 e. The van der Waals surface area contributed by atoms with Crippen LogP contribution >= 0.6 is 0 Å². The van der Waals surface area contributed by atoms with Crippen molar-refractivity contribution >= 4 is 0 Å². The third-order valence-corrected chi connectivity index (χ3v) is 5.70. The van der Waals surface area contributed by atoms with Crippen LogP contribution in [0.4, 0.5) is 0 Å². The molecule has 114 valence electrons. The molecule has 4 nitrogen and oxygen atoms in total. The van der Waals surface area contributed by atoms with Gasteiger partial charge >= 0.3 is 0 Å². The Balaban J connectivity index is 1.85. The van der Waals surface area contributed by atoms with Gasteiger partial charge in [0, 0.05) is 11.6 Å². The van der Waals surface area contributed by atoms with Crippen LogP contribution in [-0.4, -0.2) is 32.9 Å². The van der Waals surface area contributed by atoms with Gasteiger partial charge in [-0.1, -0.05) is 12.1 Å². The van der Waals surface area contributed by atoms with Crippen molar-refractivity contribution in [2.24, 2.45) is 0 Å². The third-order valence-electron chi connectivity index (χ3n) is 5.70. The molecule has 0 aromatic heterocycles. The second-order valence-electron chi connectivity index (χ2n) is 6.46. The van der Waals surface area contributed by atoms with E-state index in [1.54, 1.807) is 14.2 Å². The molecule has 4 heteroatoms. The summed E-state index contributed by atoms with van der Waals surface area (Å²) in [6.45, 7) is 1.01. The normalized spacial score (nSPS) is 33.4. The van der Waals surface area contributed by atoms with Crippen LogP contribution in [0.1, 0.15) is 17.5 Å². The van der Waals surface area contributed by atoms with Gasteiger partial charge in [-0.15, -0.1) is 0 Å². The van der Waals surface area contributed by atoms with E-state index in [0.29, 0.717) is 6.04 Å². The fourth-order valence-electron chi connectivity index (χ4n) is 4.85. The predicted molar refractivity (Wildman–Crippen MR) is 82.4 cm³/mol. The average Bonchev–Trinajstić information content (AvgIpc) is 2.88. The molecule has 0 amide bonds. The van der Waals surface area contributed by atoms with E-state index >= 15 is 0 Å². The van der Waals surface area contributed by atoms with Gasteiger partial charge in [0.05, 0.1) is 19.6 Å². The van der Waals surface area contributed by atoms with Crippen LogP contribution in [0.5, 0.6) is 11.5 Å². The van der Waals surface area contributed by atoms with E-state index in [-0.39, 0.29) is 11.5 Å². The van der Waals surface area contributed by atoms with E-state index < -0.39 is 0 Å². The van der Waals surface area contributed by atoms with Crippen molar-refractivity contribution in [2.45, 2.75) is 30.4 Å². The van der Waals surface area contributed by atoms with Crippen LogP contribution in [-0.2, 0) is 16.6 Å². The molecule has 4 aliphatic rings. The molecule has 2 aliphatic carbocycles. The highest BCUT2D eigenvalue weighted by molar-refractivity contribution is 5.67. The number of nitrogens with one attached hydrogen (secondary N) is 1. The fourth-order valence-corrected chi connectivity index (χ4v) is 4.85. The molecule has 1 aromatic carbocycles. The molecule has 2 bridgehead atoms. The topological polar surface area (TPSA) is 39.7 Å². The van der Waals surface area contributed by atoms with Crippen molar-refractivity contribution in [2.75, 3.05) is 20.8 Å². The molecule has 0 saturated carbocycles. The maximum absolute atomic E-state index is 6.42. The van der Waals surface area contributed by atoms with Crippen LogP contribution in [0.3, 0.4) is 0 Å². The Morgan fingerprint density at radius 1 is 1.23 bits per heavy atom. The Morgan fingerprint density at radius 2 is 2.14 bits per heavy atom. The summed E-state index contributed by atoms with van der Waals surface area (Å²) in [7, 11) is 3.44. The maximum Gasteiger partial charge on any atom is 0.169 e. The zero-order valence-electron chi connectivity index (χ0n) is 12.8. The maximum atomic E-state index is 6.42. The first kappa shape index (κ1) is 12.6. The lowest BCUT2D eigenvalue weighted by atomic mass is 9.58. The van der Waals surface area contributed by atoms with Gasteiger partial charge < -0.3 is 19.5 Å². The Bertz CT molecular complexity index is 736. The lowest BCUT2D eigenvalue weighted by Gasteiger charge is -2.49. The molecule has 1 spiro atoms. The number of hydrogen-bond acceptors (Lipinski definition) is 4. The van der Waals surface area contributed by atoms with Crippen LogP contribution < -0.4 is 14.8 Å². The van der Waals surface area contributed by atoms with Crippen molar-refractivity contribution in [3.63, 3.8) is 0 Å². The quantitative estimate of drug-likeness (QED) is 0.907. The highest BCUT2D eigenvalue weighted by atomic mass is 16.6. The molecule has 22 heavy (non-hydrogen) atoms. The van der Waals surface area contributed by atoms with Crippen molar-refractivity contribution in [3.05, 3.63) is 46.7 Å². The second kappa shape index (κ2) is 4.07. The second-order valence-corrected chi connectivity index (χ2v) is 6.46. The Kier molecular flexibility index (Phi) is 2.33. The Hall–Kier alpha value is -1.94. The summed E-state index contributed by atoms with van der Waals surface area (Å²) in [5.74, 6) is 2.66. The Labute approximate surface area is 129 Å². The molecule has 1 aromatic rings. The van der Waals surface area contributed by atoms with Gasteiger partial charge in [0.2, 0.25) is 0 Å². The first-order valence-corrected chi connectivity index (χ1v) is 7.86. The summed E-state index contributed by atoms with van der Waals surface area (Å²) < 4.78 is 17.6. The molecular weight excluding hydrogens is 278 g/mol. The minimum Gasteiger partial charge on any atom is -0.497 e. The first-order valence-electron chi connectivity index (χ1n) is 7.86. The Morgan fingerprint density at radius 3 is 2.95 bits per heavy atom. The summed E-state index contributed by atoms with van der Waals surface area (Å²) in [5.41, 5.74) is 4.09. The SMILES string of the molecule is COC1=CC=C2C3Cc4ccc(OC)c5c4C2(CCN3)[C@@H]1O5. The van der Waals surface area contributed by atoms with Crippen LogP contribution in [0.2, 0.25) is 0 Å². The van der Waals surface area contributed by atoms with E-state index in [4.69, 9.17) is 14.2 Å². The fraction of sp³-hybridized carbons (Fsp3) is 0.444. The number of methoxy groups -OCH3 is 2. The number of hydrogen-bond donors (Lipinski definition) is 1. The zero-order valence-corrected chi connectivity index (χ0v) is 12.8. The van der Waals surface area contributed by atoms with Gasteiger partial charge in [-0.3, -0.25) is 0 Å². The number of ether oxygens (including phenoxy) is 3. The highest BCUT2D eigenvalue weighted by Crippen LogP contribution is 2.61. The van der Waals surface area contributed by atoms with Gasteiger partial charge in [0.1, 0.15) is 5.76 Å². The largest absolute Gasteiger partial charge is 0.497 e. The third kappa shape index (κ3) is 1.24. The van der Waals surface area contributed by atoms with Gasteiger partial charge in [-0.25, -0.2) is 0 Å². The van der Waals surface area contributed by atoms with Gasteiger partial charge in [0.25, 0.3) is 0 Å². The number of allylic oxidation sites excluding steroid dienone is 2. The van der Waals surface area contributed by atoms with E-state index in [9.17, 15) is 0 Å². The molecular formula is C18H19NO3. The zero-order chi connectivity index (χ0) is 14.9. The predicted octanol–water partition coefficient (Wildman–Crippen LogP) is 2.08. The lowest BCUT2D eigenvalue weighted by molar-refractivity contribution is 0.0998. The summed E-state index contributed by atoms with van der Waals surface area (Å²) in [6, 6.07) is 4.64. The summed E-state index contributed by atoms with van der Waals surface area (Å²) in [4.78, 5) is 0. The average molecular weight is 297 g/mol. The van der Waals surface area contributed by atoms with Crippen molar-refractivity contribution in [1.29, 1.82) is 0 Å². The van der Waals surface area contributed by atoms with Crippen LogP contribution in [0.25, 0.3) is 0 Å². The standard InChI is InChI=1S/C18H19NO3/c1-20-13-5-3-10-9-12-11-4-6-14(21-2)17-18(11,7-8-19-12)15(10)16(13)22-17/h3-6,12,17,19H,7-9H2,1-2H3/t12?,17-,18?/m1/s1. The molecule has 1 saturated heterocycles. The number of rotatable bonds is 2. The molecule has 2 heterocycles. The molecule has 0 radical (unpaired) electrons. The van der Waals surface area contributed by atoms with E-state index in [2.05, 4.69) is 23.5 Å². The summed E-state index contributed by atoms with van der Waals surface area (Å²) >= 11 is 0. The first-order chi connectivity index (χ1) is 10.8. The number of benzene rings is 1. The molecule has 1 fully saturated rings. The molecule has 1 N–H and O–H groups in total. The van der Waals surface area contributed by atoms with Crippen molar-refractivity contribution in [3.8, 4) is 11.5 Å². The van der Waals surface area contributed by atoms with E-state index in [1.807, 2.05) is 6.07 Å². The van der Waals surface area contributed by atoms with Crippen LogP contribution in [0, 0.1) is 0 Å². The van der Waals surface area contributed by atoms with E-state index in [1.165, 1.54) is 16.7 Å². The van der Waals surface area contributed by atoms with Gasteiger partial charge in [-0.2, -0.15) is 0 Å². The van der Waals surface area contributed by atoms with Gasteiger partial charge in [0.15, 0.2) is 17.6 Å². The molecule has 2 unspecified atom stereocenters. The van der Waals surface area contributed by atoms with Crippen LogP contribution in [0.15, 0.2) is 35.6 Å². The number of piperidine rings is 1. The van der Waals surface area contributed by atoms with Crippen molar-refractivity contribution in [1.82, 2.24) is 5.32 Å². The minimum atomic E-state index is -0.0759. The summed E-state index contributed by atoms with van der Waals surface area (Å²) in [5, 5.41) is 3.67. The molecule has 5 rings (SSSR count). The van der Waals surface area contributed by atoms with E-state index in [0.717, 1.165) is 36.6 Å². The lowest BCUT2D eigenvalue weighted by Crippen LogP contribution is -2.58.